The number of aromatic nitrogens is 1. The second-order valence-corrected chi connectivity index (χ2v) is 6.56. The average molecular weight is 285 g/mol. The van der Waals surface area contributed by atoms with Crippen molar-refractivity contribution in [3.05, 3.63) is 36.7 Å². The summed E-state index contributed by atoms with van der Waals surface area (Å²) in [6.45, 7) is 4.50. The summed E-state index contributed by atoms with van der Waals surface area (Å²) in [6, 6.07) is 8.74. The maximum Gasteiger partial charge on any atom is 0.161 e. The number of nitrogens with one attached hydrogen (secondary N) is 1. The number of nitrogens with zero attached hydrogens (tertiary/aromatic N) is 2. The maximum atomic E-state index is 4.78. The van der Waals surface area contributed by atoms with Crippen LogP contribution in [0.25, 0.3) is 10.8 Å². The third-order valence-electron chi connectivity index (χ3n) is 3.38. The van der Waals surface area contributed by atoms with Crippen molar-refractivity contribution in [1.29, 1.82) is 0 Å². The van der Waals surface area contributed by atoms with Gasteiger partial charge in [0, 0.05) is 29.2 Å². The number of hydrogen-bond donors (Lipinski definition) is 1. The van der Waals surface area contributed by atoms with Crippen molar-refractivity contribution in [1.82, 2.24) is 4.98 Å². The fourth-order valence-corrected chi connectivity index (χ4v) is 3.45. The Kier molecular flexibility index (Phi) is 3.92. The van der Waals surface area contributed by atoms with Gasteiger partial charge in [0.1, 0.15) is 0 Å². The highest BCUT2D eigenvalue weighted by Crippen LogP contribution is 2.27. The molecule has 3 nitrogen and oxygen atoms in total. The van der Waals surface area contributed by atoms with E-state index in [-0.39, 0.29) is 0 Å². The Morgan fingerprint density at radius 1 is 1.35 bits per heavy atom. The van der Waals surface area contributed by atoms with Crippen LogP contribution in [-0.2, 0) is 0 Å². The summed E-state index contributed by atoms with van der Waals surface area (Å²) in [5, 5.41) is 6.84. The molecule has 0 spiro atoms. The molecule has 0 amide bonds. The molecular formula is C16H19N3S. The molecule has 1 aromatic heterocycles. The molecule has 3 rings (SSSR count). The quantitative estimate of drug-likeness (QED) is 0.920. The van der Waals surface area contributed by atoms with Gasteiger partial charge in [-0.3, -0.25) is 9.98 Å². The molecule has 4 heteroatoms. The number of anilines is 1. The van der Waals surface area contributed by atoms with E-state index in [4.69, 9.17) is 4.99 Å². The summed E-state index contributed by atoms with van der Waals surface area (Å²) in [6.07, 6.45) is 4.89. The van der Waals surface area contributed by atoms with Gasteiger partial charge in [-0.05, 0) is 29.9 Å². The molecule has 0 saturated heterocycles. The summed E-state index contributed by atoms with van der Waals surface area (Å²) in [4.78, 5) is 8.99. The lowest BCUT2D eigenvalue weighted by atomic mass is 10.1. The van der Waals surface area contributed by atoms with Gasteiger partial charge >= 0.3 is 0 Å². The monoisotopic (exact) mass is 285 g/mol. The molecule has 0 radical (unpaired) electrons. The Labute approximate surface area is 123 Å². The Hall–Kier alpha value is -1.55. The minimum absolute atomic E-state index is 0.454. The molecule has 1 atom stereocenters. The minimum Gasteiger partial charge on any atom is -0.334 e. The smallest absolute Gasteiger partial charge is 0.161 e. The summed E-state index contributed by atoms with van der Waals surface area (Å²) >= 11 is 1.81. The average Bonchev–Trinajstić information content (AvgIpc) is 2.86. The maximum absolute atomic E-state index is 4.78. The van der Waals surface area contributed by atoms with Crippen molar-refractivity contribution in [3.8, 4) is 0 Å². The zero-order valence-electron chi connectivity index (χ0n) is 11.8. The highest BCUT2D eigenvalue weighted by Gasteiger charge is 2.19. The first-order valence-electron chi connectivity index (χ1n) is 7.03. The summed E-state index contributed by atoms with van der Waals surface area (Å²) in [5.74, 6) is 1.79. The van der Waals surface area contributed by atoms with E-state index in [9.17, 15) is 0 Å². The van der Waals surface area contributed by atoms with Crippen molar-refractivity contribution in [2.45, 2.75) is 26.3 Å². The number of rotatable bonds is 3. The second-order valence-electron chi connectivity index (χ2n) is 5.56. The number of benzene rings is 1. The van der Waals surface area contributed by atoms with E-state index in [1.807, 2.05) is 30.2 Å². The van der Waals surface area contributed by atoms with Gasteiger partial charge in [-0.15, -0.1) is 0 Å². The highest BCUT2D eigenvalue weighted by molar-refractivity contribution is 8.14. The van der Waals surface area contributed by atoms with Crippen LogP contribution >= 0.6 is 11.8 Å². The third-order valence-corrected chi connectivity index (χ3v) is 4.41. The van der Waals surface area contributed by atoms with Crippen molar-refractivity contribution < 1.29 is 0 Å². The van der Waals surface area contributed by atoms with Crippen LogP contribution in [0.15, 0.2) is 41.7 Å². The zero-order valence-corrected chi connectivity index (χ0v) is 12.7. The first-order chi connectivity index (χ1) is 9.72. The number of aliphatic imine (C=N–C) groups is 1. The molecule has 2 aromatic rings. The van der Waals surface area contributed by atoms with Crippen LogP contribution in [0.1, 0.15) is 20.3 Å². The third kappa shape index (κ3) is 2.96. The van der Waals surface area contributed by atoms with Gasteiger partial charge in [0.2, 0.25) is 0 Å². The standard InChI is InChI=1S/C16H19N3S/c1-11(2)8-13-10-20-16(18-13)19-15-5-3-4-12-6-7-17-9-14(12)15/h3-7,9,11,13H,8,10H2,1-2H3,(H,18,19). The molecule has 0 aliphatic carbocycles. The lowest BCUT2D eigenvalue weighted by Crippen LogP contribution is -2.08. The van der Waals surface area contributed by atoms with Gasteiger partial charge in [-0.2, -0.15) is 0 Å². The second kappa shape index (κ2) is 5.83. The lowest BCUT2D eigenvalue weighted by molar-refractivity contribution is 0.529. The molecular weight excluding hydrogens is 266 g/mol. The van der Waals surface area contributed by atoms with Crippen LogP contribution in [-0.4, -0.2) is 21.9 Å². The van der Waals surface area contributed by atoms with Crippen LogP contribution in [0.5, 0.6) is 0 Å². The van der Waals surface area contributed by atoms with Crippen LogP contribution in [0.2, 0.25) is 0 Å². The van der Waals surface area contributed by atoms with Crippen LogP contribution in [0, 0.1) is 5.92 Å². The Morgan fingerprint density at radius 3 is 3.10 bits per heavy atom. The van der Waals surface area contributed by atoms with Crippen molar-refractivity contribution >= 4 is 33.4 Å². The molecule has 2 heterocycles. The Morgan fingerprint density at radius 2 is 2.25 bits per heavy atom. The van der Waals surface area contributed by atoms with Gasteiger partial charge in [0.15, 0.2) is 5.17 Å². The molecule has 0 fully saturated rings. The fourth-order valence-electron chi connectivity index (χ4n) is 2.49. The van der Waals surface area contributed by atoms with Gasteiger partial charge in [-0.1, -0.05) is 37.7 Å². The molecule has 0 saturated carbocycles. The Balaban J connectivity index is 1.80. The number of thioether (sulfide) groups is 1. The van der Waals surface area contributed by atoms with Crippen LogP contribution in [0.3, 0.4) is 0 Å². The Bertz CT molecular complexity index is 631. The first-order valence-corrected chi connectivity index (χ1v) is 8.01. The molecule has 1 aliphatic heterocycles. The first kappa shape index (κ1) is 13.4. The van der Waals surface area contributed by atoms with Crippen LogP contribution in [0.4, 0.5) is 5.69 Å². The number of fused-ring (bicyclic) bond motifs is 1. The normalized spacial score (nSPS) is 18.6. The number of pyridine rings is 1. The van der Waals surface area contributed by atoms with E-state index in [0.717, 1.165) is 28.4 Å². The zero-order chi connectivity index (χ0) is 13.9. The molecule has 0 bridgehead atoms. The molecule has 20 heavy (non-hydrogen) atoms. The molecule has 1 aliphatic rings. The van der Waals surface area contributed by atoms with E-state index in [0.29, 0.717) is 12.0 Å². The molecule has 1 aromatic carbocycles. The minimum atomic E-state index is 0.454. The van der Waals surface area contributed by atoms with Gasteiger partial charge in [0.25, 0.3) is 0 Å². The lowest BCUT2D eigenvalue weighted by Gasteiger charge is -2.08. The highest BCUT2D eigenvalue weighted by atomic mass is 32.2. The fraction of sp³-hybridized carbons (Fsp3) is 0.375. The van der Waals surface area contributed by atoms with Crippen molar-refractivity contribution in [3.63, 3.8) is 0 Å². The van der Waals surface area contributed by atoms with E-state index in [2.05, 4.69) is 42.3 Å². The van der Waals surface area contributed by atoms with E-state index < -0.39 is 0 Å². The predicted molar refractivity (Wildman–Crippen MR) is 88.5 cm³/mol. The van der Waals surface area contributed by atoms with Gasteiger partial charge in [0.05, 0.1) is 6.04 Å². The van der Waals surface area contributed by atoms with Gasteiger partial charge < -0.3 is 5.32 Å². The topological polar surface area (TPSA) is 37.3 Å². The summed E-state index contributed by atoms with van der Waals surface area (Å²) in [5.41, 5.74) is 1.09. The number of hydrogen-bond acceptors (Lipinski definition) is 4. The van der Waals surface area contributed by atoms with E-state index >= 15 is 0 Å². The predicted octanol–water partition coefficient (Wildman–Crippen LogP) is 4.16. The summed E-state index contributed by atoms with van der Waals surface area (Å²) < 4.78 is 0. The number of amidine groups is 1. The van der Waals surface area contributed by atoms with E-state index in [1.54, 1.807) is 0 Å². The summed E-state index contributed by atoms with van der Waals surface area (Å²) in [7, 11) is 0. The molecule has 1 N–H and O–H groups in total. The van der Waals surface area contributed by atoms with Crippen molar-refractivity contribution in [2.24, 2.45) is 10.9 Å². The van der Waals surface area contributed by atoms with Crippen molar-refractivity contribution in [2.75, 3.05) is 11.1 Å². The largest absolute Gasteiger partial charge is 0.334 e. The van der Waals surface area contributed by atoms with Crippen LogP contribution < -0.4 is 5.32 Å². The SMILES string of the molecule is CC(C)CC1CSC(Nc2cccc3ccncc23)=N1. The molecule has 1 unspecified atom stereocenters. The molecule has 104 valence electrons. The van der Waals surface area contributed by atoms with Gasteiger partial charge in [-0.25, -0.2) is 0 Å². The van der Waals surface area contributed by atoms with E-state index in [1.165, 1.54) is 5.39 Å².